The van der Waals surface area contributed by atoms with E-state index >= 15 is 0 Å². The minimum atomic E-state index is -0.0638. The first-order valence-corrected chi connectivity index (χ1v) is 10.3. The van der Waals surface area contributed by atoms with E-state index in [2.05, 4.69) is 14.9 Å². The highest BCUT2D eigenvalue weighted by Crippen LogP contribution is 2.27. The number of methoxy groups -OCH3 is 2. The van der Waals surface area contributed by atoms with Crippen LogP contribution in [0, 0.1) is 6.92 Å². The maximum absolute atomic E-state index is 12.3. The van der Waals surface area contributed by atoms with Gasteiger partial charge < -0.3 is 19.4 Å². The predicted octanol–water partition coefficient (Wildman–Crippen LogP) is 4.24. The number of ether oxygens (including phenoxy) is 2. The molecule has 3 aromatic rings. The fraction of sp³-hybridized carbons (Fsp3) is 0.273. The van der Waals surface area contributed by atoms with Crippen molar-refractivity contribution in [1.29, 1.82) is 0 Å². The van der Waals surface area contributed by atoms with Gasteiger partial charge in [0.1, 0.15) is 5.75 Å². The second-order valence-corrected chi connectivity index (χ2v) is 7.44. The molecule has 0 fully saturated rings. The largest absolute Gasteiger partial charge is 0.497 e. The van der Waals surface area contributed by atoms with Gasteiger partial charge in [-0.1, -0.05) is 29.5 Å². The molecule has 29 heavy (non-hydrogen) atoms. The number of imidazole rings is 1. The number of thioether (sulfide) groups is 1. The minimum Gasteiger partial charge on any atom is -0.497 e. The van der Waals surface area contributed by atoms with E-state index < -0.39 is 0 Å². The molecule has 1 N–H and O–H groups in total. The number of aryl methyl sites for hydroxylation is 1. The summed E-state index contributed by atoms with van der Waals surface area (Å²) in [5, 5.41) is 3.70. The maximum atomic E-state index is 12.3. The molecule has 0 aliphatic carbocycles. The van der Waals surface area contributed by atoms with Crippen molar-refractivity contribution in [3.05, 3.63) is 60.3 Å². The molecule has 152 valence electrons. The van der Waals surface area contributed by atoms with Crippen molar-refractivity contribution in [2.45, 2.75) is 18.6 Å². The van der Waals surface area contributed by atoms with Crippen molar-refractivity contribution in [3.63, 3.8) is 0 Å². The summed E-state index contributed by atoms with van der Waals surface area (Å²) in [7, 11) is 3.32. The smallest absolute Gasteiger partial charge is 0.234 e. The van der Waals surface area contributed by atoms with E-state index in [-0.39, 0.29) is 11.7 Å². The lowest BCUT2D eigenvalue weighted by Gasteiger charge is -2.12. The SMILES string of the molecule is COCCn1c(-c2ccc(OC)cc2)cnc1SCC(=O)Nc1ccc(C)cc1. The van der Waals surface area contributed by atoms with Crippen LogP contribution in [0.2, 0.25) is 0 Å². The van der Waals surface area contributed by atoms with Crippen LogP contribution in [-0.4, -0.2) is 42.0 Å². The third kappa shape index (κ3) is 5.62. The van der Waals surface area contributed by atoms with Crippen LogP contribution in [0.5, 0.6) is 5.75 Å². The molecule has 6 nitrogen and oxygen atoms in total. The fourth-order valence-electron chi connectivity index (χ4n) is 2.83. The Kier molecular flexibility index (Phi) is 7.32. The molecular formula is C22H25N3O3S. The van der Waals surface area contributed by atoms with Gasteiger partial charge in [0.2, 0.25) is 5.91 Å². The topological polar surface area (TPSA) is 65.4 Å². The Morgan fingerprint density at radius 3 is 2.48 bits per heavy atom. The lowest BCUT2D eigenvalue weighted by Crippen LogP contribution is -2.15. The number of anilines is 1. The van der Waals surface area contributed by atoms with Crippen molar-refractivity contribution in [3.8, 4) is 17.0 Å². The molecule has 0 saturated heterocycles. The Labute approximate surface area is 175 Å². The second-order valence-electron chi connectivity index (χ2n) is 6.50. The first-order valence-electron chi connectivity index (χ1n) is 9.29. The molecule has 0 radical (unpaired) electrons. The monoisotopic (exact) mass is 411 g/mol. The molecule has 2 aromatic carbocycles. The molecule has 0 atom stereocenters. The fourth-order valence-corrected chi connectivity index (χ4v) is 3.63. The number of nitrogens with one attached hydrogen (secondary N) is 1. The van der Waals surface area contributed by atoms with Crippen LogP contribution >= 0.6 is 11.8 Å². The van der Waals surface area contributed by atoms with E-state index in [1.807, 2.05) is 61.7 Å². The number of rotatable bonds is 9. The molecule has 1 amide bonds. The highest BCUT2D eigenvalue weighted by atomic mass is 32.2. The Morgan fingerprint density at radius 1 is 1.10 bits per heavy atom. The van der Waals surface area contributed by atoms with Crippen molar-refractivity contribution < 1.29 is 14.3 Å². The second kappa shape index (κ2) is 10.1. The van der Waals surface area contributed by atoms with Crippen molar-refractivity contribution in [2.24, 2.45) is 0 Å². The summed E-state index contributed by atoms with van der Waals surface area (Å²) in [4.78, 5) is 16.9. The average Bonchev–Trinajstić information content (AvgIpc) is 3.15. The van der Waals surface area contributed by atoms with Crippen LogP contribution in [0.4, 0.5) is 5.69 Å². The van der Waals surface area contributed by atoms with Crippen molar-refractivity contribution in [1.82, 2.24) is 9.55 Å². The van der Waals surface area contributed by atoms with Gasteiger partial charge in [0.25, 0.3) is 0 Å². The summed E-state index contributed by atoms with van der Waals surface area (Å²) in [5.41, 5.74) is 3.96. The molecule has 0 aliphatic rings. The quantitative estimate of drug-likeness (QED) is 0.534. The number of hydrogen-bond acceptors (Lipinski definition) is 5. The number of benzene rings is 2. The highest BCUT2D eigenvalue weighted by molar-refractivity contribution is 7.99. The van der Waals surface area contributed by atoms with Gasteiger partial charge in [-0.15, -0.1) is 0 Å². The number of carbonyl (C=O) groups excluding carboxylic acids is 1. The van der Waals surface area contributed by atoms with Gasteiger partial charge >= 0.3 is 0 Å². The molecule has 1 aromatic heterocycles. The summed E-state index contributed by atoms with van der Waals surface area (Å²) >= 11 is 1.41. The summed E-state index contributed by atoms with van der Waals surface area (Å²) in [5.74, 6) is 1.02. The van der Waals surface area contributed by atoms with E-state index in [1.165, 1.54) is 11.8 Å². The zero-order valence-corrected chi connectivity index (χ0v) is 17.7. The van der Waals surface area contributed by atoms with Gasteiger partial charge in [-0.25, -0.2) is 4.98 Å². The van der Waals surface area contributed by atoms with E-state index in [1.54, 1.807) is 14.2 Å². The number of hydrogen-bond donors (Lipinski definition) is 1. The Bertz CT molecular complexity index is 937. The van der Waals surface area contributed by atoms with Crippen molar-refractivity contribution >= 4 is 23.4 Å². The first-order chi connectivity index (χ1) is 14.1. The summed E-state index contributed by atoms with van der Waals surface area (Å²) < 4.78 is 12.6. The number of aromatic nitrogens is 2. The Morgan fingerprint density at radius 2 is 1.83 bits per heavy atom. The molecule has 0 spiro atoms. The first kappa shape index (κ1) is 21.0. The van der Waals surface area contributed by atoms with Crippen LogP contribution in [-0.2, 0) is 16.1 Å². The molecule has 1 heterocycles. The predicted molar refractivity (Wildman–Crippen MR) is 117 cm³/mol. The van der Waals surface area contributed by atoms with E-state index in [9.17, 15) is 4.79 Å². The standard InChI is InChI=1S/C22H25N3O3S/c1-16-4-8-18(9-5-16)24-21(26)15-29-22-23-14-20(25(22)12-13-27-2)17-6-10-19(28-3)11-7-17/h4-11,14H,12-13,15H2,1-3H3,(H,24,26). The molecule has 7 heteroatoms. The lowest BCUT2D eigenvalue weighted by atomic mass is 10.1. The molecule has 0 saturated carbocycles. The van der Waals surface area contributed by atoms with Crippen LogP contribution < -0.4 is 10.1 Å². The van der Waals surface area contributed by atoms with E-state index in [4.69, 9.17) is 9.47 Å². The highest BCUT2D eigenvalue weighted by Gasteiger charge is 2.14. The van der Waals surface area contributed by atoms with Crippen molar-refractivity contribution in [2.75, 3.05) is 31.9 Å². The zero-order valence-electron chi connectivity index (χ0n) is 16.8. The summed E-state index contributed by atoms with van der Waals surface area (Å²) in [6.45, 7) is 3.23. The average molecular weight is 412 g/mol. The minimum absolute atomic E-state index is 0.0638. The van der Waals surface area contributed by atoms with Crippen LogP contribution in [0.3, 0.4) is 0 Å². The van der Waals surface area contributed by atoms with Gasteiger partial charge in [-0.3, -0.25) is 4.79 Å². The van der Waals surface area contributed by atoms with Gasteiger partial charge in [-0.2, -0.15) is 0 Å². The molecular weight excluding hydrogens is 386 g/mol. The molecule has 0 unspecified atom stereocenters. The zero-order chi connectivity index (χ0) is 20.6. The van der Waals surface area contributed by atoms with E-state index in [0.717, 1.165) is 33.4 Å². The Balaban J connectivity index is 1.71. The number of carbonyl (C=O) groups is 1. The molecule has 0 aliphatic heterocycles. The summed E-state index contributed by atoms with van der Waals surface area (Å²) in [6.07, 6.45) is 1.83. The van der Waals surface area contributed by atoms with Crippen LogP contribution in [0.25, 0.3) is 11.3 Å². The molecule has 0 bridgehead atoms. The maximum Gasteiger partial charge on any atom is 0.234 e. The van der Waals surface area contributed by atoms with Crippen LogP contribution in [0.15, 0.2) is 59.9 Å². The third-order valence-electron chi connectivity index (χ3n) is 4.39. The van der Waals surface area contributed by atoms with E-state index in [0.29, 0.717) is 13.2 Å². The van der Waals surface area contributed by atoms with Gasteiger partial charge in [-0.05, 0) is 43.3 Å². The number of amides is 1. The lowest BCUT2D eigenvalue weighted by molar-refractivity contribution is -0.113. The van der Waals surface area contributed by atoms with Crippen LogP contribution in [0.1, 0.15) is 5.56 Å². The number of nitrogens with zero attached hydrogens (tertiary/aromatic N) is 2. The molecule has 3 rings (SSSR count). The van der Waals surface area contributed by atoms with Gasteiger partial charge in [0.05, 0.1) is 31.4 Å². The Hall–Kier alpha value is -2.77. The normalized spacial score (nSPS) is 10.7. The van der Waals surface area contributed by atoms with Gasteiger partial charge in [0.15, 0.2) is 5.16 Å². The summed E-state index contributed by atoms with van der Waals surface area (Å²) in [6, 6.07) is 15.6. The van der Waals surface area contributed by atoms with Gasteiger partial charge in [0, 0.05) is 24.9 Å². The third-order valence-corrected chi connectivity index (χ3v) is 5.38.